The van der Waals surface area contributed by atoms with Crippen LogP contribution in [0.3, 0.4) is 0 Å². The van der Waals surface area contributed by atoms with E-state index < -0.39 is 16.0 Å². The van der Waals surface area contributed by atoms with E-state index in [9.17, 15) is 13.2 Å². The van der Waals surface area contributed by atoms with Gasteiger partial charge in [-0.15, -0.1) is 0 Å². The molecule has 0 aliphatic rings. The maximum atomic E-state index is 12.8. The summed E-state index contributed by atoms with van der Waals surface area (Å²) in [5.41, 5.74) is 1.83. The molecule has 0 bridgehead atoms. The molecule has 0 aliphatic carbocycles. The molecule has 196 valence electrons. The molecule has 2 N–H and O–H groups in total. The number of para-hydroxylation sites is 1. The van der Waals surface area contributed by atoms with Gasteiger partial charge in [0.05, 0.1) is 22.7 Å². The van der Waals surface area contributed by atoms with Gasteiger partial charge in [0.25, 0.3) is 10.0 Å². The molecule has 11 heteroatoms. The number of benzene rings is 3. The van der Waals surface area contributed by atoms with Gasteiger partial charge in [-0.25, -0.2) is 27.9 Å². The van der Waals surface area contributed by atoms with Crippen LogP contribution in [0.2, 0.25) is 0 Å². The van der Waals surface area contributed by atoms with Crippen LogP contribution in [0.25, 0.3) is 10.9 Å². The van der Waals surface area contributed by atoms with Crippen LogP contribution in [0.1, 0.15) is 17.3 Å². The van der Waals surface area contributed by atoms with Crippen LogP contribution < -0.4 is 14.8 Å². The van der Waals surface area contributed by atoms with E-state index in [-0.39, 0.29) is 23.0 Å². The number of anilines is 3. The van der Waals surface area contributed by atoms with Crippen LogP contribution >= 0.6 is 0 Å². The fourth-order valence-electron chi connectivity index (χ4n) is 3.75. The molecule has 0 amide bonds. The van der Waals surface area contributed by atoms with Crippen LogP contribution in [0.15, 0.2) is 102 Å². The maximum absolute atomic E-state index is 12.8. The van der Waals surface area contributed by atoms with Gasteiger partial charge < -0.3 is 14.8 Å². The molecular formula is C28H23N5O5S. The van der Waals surface area contributed by atoms with Crippen molar-refractivity contribution in [2.45, 2.75) is 11.8 Å². The number of nitrogens with zero attached hydrogens (tertiary/aromatic N) is 3. The minimum Gasteiger partial charge on any atom is -0.462 e. The highest BCUT2D eigenvalue weighted by Gasteiger charge is 2.19. The summed E-state index contributed by atoms with van der Waals surface area (Å²) in [4.78, 5) is 25.0. The number of hydrogen-bond donors (Lipinski definition) is 2. The summed E-state index contributed by atoms with van der Waals surface area (Å²) < 4.78 is 39.1. The topological polar surface area (TPSA) is 132 Å². The Bertz CT molecular complexity index is 1720. The molecular weight excluding hydrogens is 518 g/mol. The van der Waals surface area contributed by atoms with Crippen molar-refractivity contribution in [3.63, 3.8) is 0 Å². The SMILES string of the molecule is CCOC(=O)c1cnc2ccc(Oc3ccccc3)cc2c1Nc1ccc(S(=O)(=O)Nc2ncccn2)cc1. The second-order valence-corrected chi connectivity index (χ2v) is 9.87. The van der Waals surface area contributed by atoms with Crippen molar-refractivity contribution in [1.29, 1.82) is 0 Å². The monoisotopic (exact) mass is 541 g/mol. The molecule has 3 aromatic carbocycles. The Labute approximate surface area is 224 Å². The van der Waals surface area contributed by atoms with Crippen LogP contribution in [-0.2, 0) is 14.8 Å². The molecule has 2 aromatic heterocycles. The van der Waals surface area contributed by atoms with Crippen molar-refractivity contribution in [1.82, 2.24) is 15.0 Å². The molecule has 39 heavy (non-hydrogen) atoms. The van der Waals surface area contributed by atoms with Crippen LogP contribution in [0.4, 0.5) is 17.3 Å². The lowest BCUT2D eigenvalue weighted by Crippen LogP contribution is -2.14. The predicted molar refractivity (Wildman–Crippen MR) is 147 cm³/mol. The average Bonchev–Trinajstić information content (AvgIpc) is 2.94. The molecule has 0 atom stereocenters. The Morgan fingerprint density at radius 1 is 0.872 bits per heavy atom. The van der Waals surface area contributed by atoms with Gasteiger partial charge in [0.1, 0.15) is 17.1 Å². The first-order chi connectivity index (χ1) is 18.9. The number of pyridine rings is 1. The number of fused-ring (bicyclic) bond motifs is 1. The number of carbonyl (C=O) groups excluding carboxylic acids is 1. The lowest BCUT2D eigenvalue weighted by atomic mass is 10.1. The smallest absolute Gasteiger partial charge is 0.341 e. The highest BCUT2D eigenvalue weighted by atomic mass is 32.2. The molecule has 2 heterocycles. The van der Waals surface area contributed by atoms with Gasteiger partial charge >= 0.3 is 5.97 Å². The number of esters is 1. The van der Waals surface area contributed by atoms with Crippen molar-refractivity contribution in [2.24, 2.45) is 0 Å². The summed E-state index contributed by atoms with van der Waals surface area (Å²) in [6.07, 6.45) is 4.33. The van der Waals surface area contributed by atoms with Gasteiger partial charge in [-0.1, -0.05) is 18.2 Å². The molecule has 0 saturated carbocycles. The number of aromatic nitrogens is 3. The second-order valence-electron chi connectivity index (χ2n) is 8.19. The van der Waals surface area contributed by atoms with E-state index in [4.69, 9.17) is 9.47 Å². The van der Waals surface area contributed by atoms with E-state index in [0.29, 0.717) is 33.8 Å². The third-order valence-corrected chi connectivity index (χ3v) is 6.88. The van der Waals surface area contributed by atoms with Gasteiger partial charge in [-0.2, -0.15) is 0 Å². The average molecular weight is 542 g/mol. The van der Waals surface area contributed by atoms with E-state index in [0.717, 1.165) is 0 Å². The maximum Gasteiger partial charge on any atom is 0.341 e. The van der Waals surface area contributed by atoms with E-state index in [1.54, 1.807) is 43.3 Å². The van der Waals surface area contributed by atoms with Gasteiger partial charge in [0.2, 0.25) is 5.95 Å². The quantitative estimate of drug-likeness (QED) is 0.231. The number of sulfonamides is 1. The highest BCUT2D eigenvalue weighted by molar-refractivity contribution is 7.92. The zero-order valence-electron chi connectivity index (χ0n) is 20.7. The Kier molecular flexibility index (Phi) is 7.32. The number of ether oxygens (including phenoxy) is 2. The summed E-state index contributed by atoms with van der Waals surface area (Å²) in [5.74, 6) is 0.632. The zero-order chi connectivity index (χ0) is 27.2. The summed E-state index contributed by atoms with van der Waals surface area (Å²) in [7, 11) is -3.91. The van der Waals surface area contributed by atoms with Gasteiger partial charge in [-0.3, -0.25) is 4.98 Å². The Balaban J connectivity index is 1.49. The van der Waals surface area contributed by atoms with Crippen molar-refractivity contribution >= 4 is 44.2 Å². The molecule has 0 radical (unpaired) electrons. The number of hydrogen-bond acceptors (Lipinski definition) is 9. The van der Waals surface area contributed by atoms with E-state index in [2.05, 4.69) is 25.0 Å². The van der Waals surface area contributed by atoms with Crippen LogP contribution in [0, 0.1) is 0 Å². The van der Waals surface area contributed by atoms with Crippen molar-refractivity contribution in [3.05, 3.63) is 103 Å². The molecule has 0 spiro atoms. The van der Waals surface area contributed by atoms with Crippen molar-refractivity contribution in [3.8, 4) is 11.5 Å². The van der Waals surface area contributed by atoms with Gasteiger partial charge in [0.15, 0.2) is 0 Å². The lowest BCUT2D eigenvalue weighted by Gasteiger charge is -2.15. The predicted octanol–water partition coefficient (Wildman–Crippen LogP) is 5.54. The van der Waals surface area contributed by atoms with E-state index in [1.807, 2.05) is 30.3 Å². The third-order valence-electron chi connectivity index (χ3n) is 5.54. The number of nitrogens with one attached hydrogen (secondary N) is 2. The molecule has 10 nitrogen and oxygen atoms in total. The highest BCUT2D eigenvalue weighted by Crippen LogP contribution is 2.34. The van der Waals surface area contributed by atoms with Crippen LogP contribution in [0.5, 0.6) is 11.5 Å². The number of rotatable bonds is 9. The summed E-state index contributed by atoms with van der Waals surface area (Å²) in [5, 5.41) is 3.86. The Hall–Kier alpha value is -5.03. The largest absolute Gasteiger partial charge is 0.462 e. The molecule has 5 aromatic rings. The molecule has 0 fully saturated rings. The van der Waals surface area contributed by atoms with E-state index >= 15 is 0 Å². The third kappa shape index (κ3) is 5.94. The van der Waals surface area contributed by atoms with Crippen molar-refractivity contribution < 1.29 is 22.7 Å². The Morgan fingerprint density at radius 2 is 1.62 bits per heavy atom. The summed E-state index contributed by atoms with van der Waals surface area (Å²) in [6.45, 7) is 1.91. The molecule has 0 aliphatic heterocycles. The first-order valence-electron chi connectivity index (χ1n) is 11.9. The minimum absolute atomic E-state index is 0.0178. The number of carbonyl (C=O) groups is 1. The molecule has 5 rings (SSSR count). The normalized spacial score (nSPS) is 11.1. The lowest BCUT2D eigenvalue weighted by molar-refractivity contribution is 0.0527. The Morgan fingerprint density at radius 3 is 2.33 bits per heavy atom. The first-order valence-corrected chi connectivity index (χ1v) is 13.4. The summed E-state index contributed by atoms with van der Waals surface area (Å²) >= 11 is 0. The molecule has 0 unspecified atom stereocenters. The minimum atomic E-state index is -3.91. The van der Waals surface area contributed by atoms with E-state index in [1.165, 1.54) is 30.7 Å². The fourth-order valence-corrected chi connectivity index (χ4v) is 4.71. The zero-order valence-corrected chi connectivity index (χ0v) is 21.6. The fraction of sp³-hybridized carbons (Fsp3) is 0.0714. The van der Waals surface area contributed by atoms with Crippen LogP contribution in [-0.4, -0.2) is 35.9 Å². The standard InChI is InChI=1S/C28H23N5O5S/c1-2-37-27(34)24-18-31-25-14-11-21(38-20-7-4-3-5-8-20)17-23(25)26(24)32-19-9-12-22(13-10-19)39(35,36)33-28-29-15-6-16-30-28/h3-18H,2H2,1H3,(H,31,32)(H,29,30,33). The molecule has 0 saturated heterocycles. The second kappa shape index (κ2) is 11.2. The van der Waals surface area contributed by atoms with Crippen molar-refractivity contribution in [2.75, 3.05) is 16.6 Å². The van der Waals surface area contributed by atoms with Gasteiger partial charge in [-0.05, 0) is 67.6 Å². The van der Waals surface area contributed by atoms with Gasteiger partial charge in [0, 0.05) is 29.7 Å². The first kappa shape index (κ1) is 25.6. The summed E-state index contributed by atoms with van der Waals surface area (Å²) in [6, 6.07) is 22.3.